The molecule has 0 bridgehead atoms. The van der Waals surface area contributed by atoms with Crippen LogP contribution >= 0.6 is 0 Å². The van der Waals surface area contributed by atoms with E-state index in [1.54, 1.807) is 36.2 Å². The highest BCUT2D eigenvalue weighted by Gasteiger charge is 2.13. The van der Waals surface area contributed by atoms with Crippen molar-refractivity contribution in [1.82, 2.24) is 9.97 Å². The van der Waals surface area contributed by atoms with Gasteiger partial charge in [0.15, 0.2) is 11.6 Å². The molecule has 1 heterocycles. The topological polar surface area (TPSA) is 64.8 Å². The average molecular weight is 271 g/mol. The van der Waals surface area contributed by atoms with E-state index in [9.17, 15) is 4.39 Å². The van der Waals surface area contributed by atoms with Crippen molar-refractivity contribution in [2.45, 2.75) is 6.92 Å². The monoisotopic (exact) mass is 271 g/mol. The third-order valence-corrected chi connectivity index (χ3v) is 2.74. The van der Waals surface area contributed by atoms with Crippen molar-refractivity contribution in [2.75, 3.05) is 23.8 Å². The molecule has 2 rings (SSSR count). The molecular weight excluding hydrogens is 257 g/mol. The van der Waals surface area contributed by atoms with E-state index in [-0.39, 0.29) is 5.82 Å². The zero-order valence-corrected chi connectivity index (χ0v) is 11.3. The minimum atomic E-state index is -0.517. The smallest absolute Gasteiger partial charge is 0.224 e. The quantitative estimate of drug-likeness (QED) is 0.926. The summed E-state index contributed by atoms with van der Waals surface area (Å²) < 4.78 is 13.9. The minimum absolute atomic E-state index is 0.158. The summed E-state index contributed by atoms with van der Waals surface area (Å²) in [5.41, 5.74) is 1.19. The first-order valence-electron chi connectivity index (χ1n) is 6.16. The van der Waals surface area contributed by atoms with Gasteiger partial charge in [0, 0.05) is 19.3 Å². The van der Waals surface area contributed by atoms with Gasteiger partial charge in [-0.2, -0.15) is 10.2 Å². The number of benzene rings is 1. The number of nitriles is 1. The summed E-state index contributed by atoms with van der Waals surface area (Å²) in [5, 5.41) is 11.8. The molecule has 20 heavy (non-hydrogen) atoms. The van der Waals surface area contributed by atoms with Crippen LogP contribution in [0, 0.1) is 17.1 Å². The highest BCUT2D eigenvalue weighted by Crippen LogP contribution is 2.25. The maximum atomic E-state index is 13.9. The lowest BCUT2D eigenvalue weighted by molar-refractivity contribution is 0.614. The predicted molar refractivity (Wildman–Crippen MR) is 75.4 cm³/mol. The first-order chi connectivity index (χ1) is 9.65. The number of aromatic nitrogens is 2. The van der Waals surface area contributed by atoms with Crippen LogP contribution in [0.25, 0.3) is 0 Å². The third-order valence-electron chi connectivity index (χ3n) is 2.74. The zero-order valence-electron chi connectivity index (χ0n) is 11.3. The SMILES string of the molecule is CCNc1ncc(F)c(N(C)c2cccc(C#N)c2)n1. The Labute approximate surface area is 116 Å². The number of halogens is 1. The van der Waals surface area contributed by atoms with Gasteiger partial charge in [0.25, 0.3) is 0 Å². The second-order valence-corrected chi connectivity index (χ2v) is 4.12. The summed E-state index contributed by atoms with van der Waals surface area (Å²) in [6.07, 6.45) is 1.13. The number of rotatable bonds is 4. The molecule has 0 amide bonds. The van der Waals surface area contributed by atoms with Crippen molar-refractivity contribution in [3.05, 3.63) is 41.8 Å². The number of hydrogen-bond acceptors (Lipinski definition) is 5. The molecule has 2 aromatic rings. The fourth-order valence-corrected chi connectivity index (χ4v) is 1.74. The number of hydrogen-bond donors (Lipinski definition) is 1. The number of anilines is 3. The maximum absolute atomic E-state index is 13.9. The van der Waals surface area contributed by atoms with E-state index in [1.165, 1.54) is 0 Å². The third kappa shape index (κ3) is 2.83. The molecule has 0 aliphatic heterocycles. The Morgan fingerprint density at radius 2 is 2.25 bits per heavy atom. The first kappa shape index (κ1) is 13.7. The molecule has 1 aromatic carbocycles. The molecular formula is C14H14FN5. The van der Waals surface area contributed by atoms with Gasteiger partial charge in [-0.1, -0.05) is 6.07 Å². The molecule has 0 aliphatic carbocycles. The lowest BCUT2D eigenvalue weighted by atomic mass is 10.2. The summed E-state index contributed by atoms with van der Waals surface area (Å²) in [6, 6.07) is 8.95. The maximum Gasteiger partial charge on any atom is 0.224 e. The van der Waals surface area contributed by atoms with Crippen molar-refractivity contribution < 1.29 is 4.39 Å². The Kier molecular flexibility index (Phi) is 4.11. The molecule has 0 aliphatic rings. The van der Waals surface area contributed by atoms with Crippen LogP contribution in [0.4, 0.5) is 21.8 Å². The standard InChI is InChI=1S/C14H14FN5/c1-3-17-14-18-9-12(15)13(19-14)20(2)11-6-4-5-10(7-11)8-16/h4-7,9H,3H2,1-2H3,(H,17,18,19). The fourth-order valence-electron chi connectivity index (χ4n) is 1.74. The van der Waals surface area contributed by atoms with Crippen molar-refractivity contribution in [1.29, 1.82) is 5.26 Å². The molecule has 0 saturated heterocycles. The summed E-state index contributed by atoms with van der Waals surface area (Å²) in [5.74, 6) is 0.00902. The van der Waals surface area contributed by atoms with E-state index in [0.29, 0.717) is 23.7 Å². The van der Waals surface area contributed by atoms with Crippen molar-refractivity contribution in [3.63, 3.8) is 0 Å². The second-order valence-electron chi connectivity index (χ2n) is 4.12. The molecule has 1 N–H and O–H groups in total. The molecule has 0 saturated carbocycles. The van der Waals surface area contributed by atoms with Crippen molar-refractivity contribution in [3.8, 4) is 6.07 Å². The molecule has 6 heteroatoms. The second kappa shape index (κ2) is 5.97. The van der Waals surface area contributed by atoms with Crippen molar-refractivity contribution >= 4 is 17.5 Å². The molecule has 0 radical (unpaired) electrons. The van der Waals surface area contributed by atoms with Gasteiger partial charge in [-0.15, -0.1) is 0 Å². The fraction of sp³-hybridized carbons (Fsp3) is 0.214. The van der Waals surface area contributed by atoms with Crippen LogP contribution in [0.3, 0.4) is 0 Å². The number of nitrogens with zero attached hydrogens (tertiary/aromatic N) is 4. The Morgan fingerprint density at radius 1 is 1.45 bits per heavy atom. The van der Waals surface area contributed by atoms with Crippen LogP contribution in [-0.4, -0.2) is 23.6 Å². The first-order valence-corrected chi connectivity index (χ1v) is 6.16. The Balaban J connectivity index is 2.39. The zero-order chi connectivity index (χ0) is 14.5. The van der Waals surface area contributed by atoms with Gasteiger partial charge in [-0.3, -0.25) is 0 Å². The largest absolute Gasteiger partial charge is 0.354 e. The van der Waals surface area contributed by atoms with E-state index in [2.05, 4.69) is 21.4 Å². The van der Waals surface area contributed by atoms with Gasteiger partial charge in [-0.05, 0) is 25.1 Å². The highest BCUT2D eigenvalue weighted by molar-refractivity contribution is 5.62. The lowest BCUT2D eigenvalue weighted by Gasteiger charge is -2.19. The lowest BCUT2D eigenvalue weighted by Crippen LogP contribution is -2.15. The van der Waals surface area contributed by atoms with Gasteiger partial charge in [0.2, 0.25) is 5.95 Å². The molecule has 1 aromatic heterocycles. The summed E-state index contributed by atoms with van der Waals surface area (Å²) in [6.45, 7) is 2.56. The van der Waals surface area contributed by atoms with Gasteiger partial charge >= 0.3 is 0 Å². The molecule has 0 atom stereocenters. The van der Waals surface area contributed by atoms with Crippen LogP contribution in [0.5, 0.6) is 0 Å². The van der Waals surface area contributed by atoms with E-state index in [0.717, 1.165) is 6.20 Å². The molecule has 5 nitrogen and oxygen atoms in total. The molecule has 102 valence electrons. The van der Waals surface area contributed by atoms with Crippen LogP contribution in [0.15, 0.2) is 30.5 Å². The van der Waals surface area contributed by atoms with Gasteiger partial charge in [0.1, 0.15) is 0 Å². The number of nitrogens with one attached hydrogen (secondary N) is 1. The Morgan fingerprint density at radius 3 is 2.95 bits per heavy atom. The van der Waals surface area contributed by atoms with Crippen LogP contribution < -0.4 is 10.2 Å². The van der Waals surface area contributed by atoms with Gasteiger partial charge < -0.3 is 10.2 Å². The van der Waals surface area contributed by atoms with Crippen LogP contribution in [-0.2, 0) is 0 Å². The molecule has 0 spiro atoms. The Hall–Kier alpha value is -2.68. The van der Waals surface area contributed by atoms with E-state index >= 15 is 0 Å². The molecule has 0 unspecified atom stereocenters. The van der Waals surface area contributed by atoms with Crippen LogP contribution in [0.2, 0.25) is 0 Å². The van der Waals surface area contributed by atoms with E-state index < -0.39 is 5.82 Å². The van der Waals surface area contributed by atoms with Gasteiger partial charge in [-0.25, -0.2) is 9.37 Å². The minimum Gasteiger partial charge on any atom is -0.354 e. The van der Waals surface area contributed by atoms with E-state index in [1.807, 2.05) is 6.92 Å². The average Bonchev–Trinajstić information content (AvgIpc) is 2.49. The van der Waals surface area contributed by atoms with Crippen LogP contribution in [0.1, 0.15) is 12.5 Å². The highest BCUT2D eigenvalue weighted by atomic mass is 19.1. The predicted octanol–water partition coefficient (Wildman–Crippen LogP) is 2.69. The Bertz CT molecular complexity index is 650. The normalized spacial score (nSPS) is 9.90. The van der Waals surface area contributed by atoms with E-state index in [4.69, 9.17) is 5.26 Å². The summed E-state index contributed by atoms with van der Waals surface area (Å²) in [7, 11) is 1.69. The van der Waals surface area contributed by atoms with Gasteiger partial charge in [0.05, 0.1) is 17.8 Å². The summed E-state index contributed by atoms with van der Waals surface area (Å²) in [4.78, 5) is 9.58. The molecule has 0 fully saturated rings. The van der Waals surface area contributed by atoms with Crippen molar-refractivity contribution in [2.24, 2.45) is 0 Å². The summed E-state index contributed by atoms with van der Waals surface area (Å²) >= 11 is 0.